The van der Waals surface area contributed by atoms with Crippen molar-refractivity contribution in [3.63, 3.8) is 0 Å². The van der Waals surface area contributed by atoms with Gasteiger partial charge in [0.05, 0.1) is 5.69 Å². The van der Waals surface area contributed by atoms with Crippen molar-refractivity contribution in [2.24, 2.45) is 0 Å². The lowest BCUT2D eigenvalue weighted by molar-refractivity contribution is 0.101. The molecule has 2 aromatic rings. The number of benzene rings is 1. The molecule has 0 spiro atoms. The zero-order valence-corrected chi connectivity index (χ0v) is 12.0. The summed E-state index contributed by atoms with van der Waals surface area (Å²) in [4.78, 5) is 11.8. The number of halogens is 2. The number of carbonyl (C=O) groups is 1. The van der Waals surface area contributed by atoms with Crippen molar-refractivity contribution in [3.8, 4) is 0 Å². The molecular formula is C9H6BrIN4O2. The molecule has 2 rings (SSSR count). The van der Waals surface area contributed by atoms with Crippen LogP contribution in [0.5, 0.6) is 0 Å². The van der Waals surface area contributed by atoms with Crippen LogP contribution in [0.25, 0.3) is 0 Å². The molecule has 0 aliphatic heterocycles. The molecule has 0 saturated carbocycles. The first-order chi connectivity index (χ1) is 8.08. The minimum atomic E-state index is -0.459. The lowest BCUT2D eigenvalue weighted by atomic mass is 10.3. The summed E-state index contributed by atoms with van der Waals surface area (Å²) in [6.45, 7) is 0. The largest absolute Gasteiger partial charge is 0.379 e. The molecule has 0 aliphatic rings. The second-order valence-electron chi connectivity index (χ2n) is 3.08. The molecule has 0 bridgehead atoms. The lowest BCUT2D eigenvalue weighted by Gasteiger charge is -2.06. The van der Waals surface area contributed by atoms with Crippen LogP contribution < -0.4 is 11.1 Å². The summed E-state index contributed by atoms with van der Waals surface area (Å²) in [6.07, 6.45) is 0. The molecule has 3 N–H and O–H groups in total. The number of nitrogens with two attached hydrogens (primary N) is 1. The van der Waals surface area contributed by atoms with E-state index in [9.17, 15) is 4.79 Å². The molecule has 1 aromatic carbocycles. The highest BCUT2D eigenvalue weighted by molar-refractivity contribution is 14.1. The van der Waals surface area contributed by atoms with Gasteiger partial charge in [0, 0.05) is 8.04 Å². The van der Waals surface area contributed by atoms with Crippen molar-refractivity contribution in [1.82, 2.24) is 10.3 Å². The summed E-state index contributed by atoms with van der Waals surface area (Å²) >= 11 is 5.43. The number of rotatable bonds is 2. The van der Waals surface area contributed by atoms with Crippen molar-refractivity contribution in [2.45, 2.75) is 0 Å². The Labute approximate surface area is 118 Å². The van der Waals surface area contributed by atoms with Gasteiger partial charge in [-0.3, -0.25) is 4.79 Å². The summed E-state index contributed by atoms with van der Waals surface area (Å²) in [7, 11) is 0. The van der Waals surface area contributed by atoms with Crippen LogP contribution >= 0.6 is 38.5 Å². The molecule has 88 valence electrons. The lowest BCUT2D eigenvalue weighted by Crippen LogP contribution is -2.15. The molecule has 0 fully saturated rings. The third kappa shape index (κ3) is 2.75. The predicted octanol–water partition coefficient (Wildman–Crippen LogP) is 2.27. The fourth-order valence-corrected chi connectivity index (χ4v) is 1.96. The zero-order valence-electron chi connectivity index (χ0n) is 8.28. The Bertz CT molecular complexity index is 572. The van der Waals surface area contributed by atoms with Gasteiger partial charge in [-0.25, -0.2) is 4.63 Å². The van der Waals surface area contributed by atoms with Crippen LogP contribution in [-0.2, 0) is 0 Å². The number of amides is 1. The Balaban J connectivity index is 2.24. The van der Waals surface area contributed by atoms with E-state index in [1.165, 1.54) is 0 Å². The maximum atomic E-state index is 11.8. The second kappa shape index (κ2) is 5.00. The van der Waals surface area contributed by atoms with E-state index in [1.807, 2.05) is 12.1 Å². The summed E-state index contributed by atoms with van der Waals surface area (Å²) in [5, 5.41) is 9.44. The van der Waals surface area contributed by atoms with Crippen molar-refractivity contribution < 1.29 is 9.42 Å². The van der Waals surface area contributed by atoms with E-state index in [0.29, 0.717) is 5.69 Å². The highest BCUT2D eigenvalue weighted by Crippen LogP contribution is 2.23. The van der Waals surface area contributed by atoms with E-state index in [-0.39, 0.29) is 11.5 Å². The van der Waals surface area contributed by atoms with Gasteiger partial charge >= 0.3 is 0 Å². The summed E-state index contributed by atoms with van der Waals surface area (Å²) in [5.74, 6) is -0.493. The zero-order chi connectivity index (χ0) is 12.4. The standard InChI is InChI=1S/C9H6BrIN4O2/c10-4-1-2-5(11)6(3-4)13-9(16)7-8(12)15-17-14-7/h1-3H,(H2,12,15)(H,13,16). The van der Waals surface area contributed by atoms with Crippen molar-refractivity contribution in [2.75, 3.05) is 11.1 Å². The number of hydrogen-bond acceptors (Lipinski definition) is 5. The van der Waals surface area contributed by atoms with Crippen LogP contribution in [0.4, 0.5) is 11.5 Å². The van der Waals surface area contributed by atoms with Crippen LogP contribution in [0.3, 0.4) is 0 Å². The second-order valence-corrected chi connectivity index (χ2v) is 5.15. The number of nitrogens with zero attached hydrogens (tertiary/aromatic N) is 2. The van der Waals surface area contributed by atoms with Crippen LogP contribution in [0.15, 0.2) is 27.3 Å². The average molecular weight is 409 g/mol. The van der Waals surface area contributed by atoms with E-state index >= 15 is 0 Å². The van der Waals surface area contributed by atoms with Gasteiger partial charge in [0.2, 0.25) is 11.5 Å². The number of nitrogens with one attached hydrogen (secondary N) is 1. The van der Waals surface area contributed by atoms with E-state index in [0.717, 1.165) is 8.04 Å². The first-order valence-corrected chi connectivity index (χ1v) is 6.29. The molecule has 1 aromatic heterocycles. The van der Waals surface area contributed by atoms with Crippen LogP contribution in [0, 0.1) is 3.57 Å². The molecule has 0 saturated heterocycles. The minimum absolute atomic E-state index is 0.0271. The molecular weight excluding hydrogens is 403 g/mol. The third-order valence-corrected chi connectivity index (χ3v) is 3.34. The molecule has 0 atom stereocenters. The smallest absolute Gasteiger partial charge is 0.281 e. The monoisotopic (exact) mass is 408 g/mol. The molecule has 6 nitrogen and oxygen atoms in total. The number of nitrogen functional groups attached to an aromatic ring is 1. The fourth-order valence-electron chi connectivity index (χ4n) is 1.13. The molecule has 1 amide bonds. The Hall–Kier alpha value is -1.16. The molecule has 0 radical (unpaired) electrons. The first kappa shape index (κ1) is 12.3. The third-order valence-electron chi connectivity index (χ3n) is 1.91. The van der Waals surface area contributed by atoms with Gasteiger partial charge in [-0.2, -0.15) is 0 Å². The van der Waals surface area contributed by atoms with Gasteiger partial charge in [0.15, 0.2) is 0 Å². The molecule has 1 heterocycles. The van der Waals surface area contributed by atoms with Gasteiger partial charge < -0.3 is 11.1 Å². The molecule has 0 aliphatic carbocycles. The predicted molar refractivity (Wildman–Crippen MR) is 73.5 cm³/mol. The number of hydrogen-bond donors (Lipinski definition) is 2. The van der Waals surface area contributed by atoms with E-state index < -0.39 is 5.91 Å². The van der Waals surface area contributed by atoms with Crippen molar-refractivity contribution >= 4 is 55.9 Å². The molecule has 17 heavy (non-hydrogen) atoms. The highest BCUT2D eigenvalue weighted by Gasteiger charge is 2.16. The van der Waals surface area contributed by atoms with Crippen molar-refractivity contribution in [1.29, 1.82) is 0 Å². The Morgan fingerprint density at radius 2 is 2.24 bits per heavy atom. The topological polar surface area (TPSA) is 94.0 Å². The number of carbonyl (C=O) groups excluding carboxylic acids is 1. The Morgan fingerprint density at radius 3 is 2.88 bits per heavy atom. The van der Waals surface area contributed by atoms with E-state index in [4.69, 9.17) is 5.73 Å². The maximum Gasteiger partial charge on any atom is 0.281 e. The fraction of sp³-hybridized carbons (Fsp3) is 0. The SMILES string of the molecule is Nc1nonc1C(=O)Nc1cc(Br)ccc1I. The van der Waals surface area contributed by atoms with Crippen molar-refractivity contribution in [3.05, 3.63) is 31.9 Å². The summed E-state index contributed by atoms with van der Waals surface area (Å²) < 4.78 is 6.12. The van der Waals surface area contributed by atoms with Crippen LogP contribution in [0.2, 0.25) is 0 Å². The number of anilines is 2. The highest BCUT2D eigenvalue weighted by atomic mass is 127. The maximum absolute atomic E-state index is 11.8. The number of aromatic nitrogens is 2. The normalized spacial score (nSPS) is 10.2. The van der Waals surface area contributed by atoms with Gasteiger partial charge in [0.1, 0.15) is 0 Å². The Morgan fingerprint density at radius 1 is 1.47 bits per heavy atom. The summed E-state index contributed by atoms with van der Waals surface area (Å²) in [5.41, 5.74) is 6.06. The molecule has 0 unspecified atom stereocenters. The van der Waals surface area contributed by atoms with Gasteiger partial charge in [-0.15, -0.1) is 0 Å². The molecule has 8 heteroatoms. The first-order valence-electron chi connectivity index (χ1n) is 4.42. The quantitative estimate of drug-likeness (QED) is 0.743. The van der Waals surface area contributed by atoms with Gasteiger partial charge in [0.25, 0.3) is 5.91 Å². The van der Waals surface area contributed by atoms with E-state index in [1.54, 1.807) is 6.07 Å². The van der Waals surface area contributed by atoms with E-state index in [2.05, 4.69) is 58.8 Å². The summed E-state index contributed by atoms with van der Waals surface area (Å²) in [6, 6.07) is 5.53. The van der Waals surface area contributed by atoms with Gasteiger partial charge in [-0.1, -0.05) is 15.9 Å². The van der Waals surface area contributed by atoms with Crippen LogP contribution in [-0.4, -0.2) is 16.2 Å². The van der Waals surface area contributed by atoms with Crippen LogP contribution in [0.1, 0.15) is 10.5 Å². The Kier molecular flexibility index (Phi) is 3.62. The minimum Gasteiger partial charge on any atom is -0.379 e. The van der Waals surface area contributed by atoms with Gasteiger partial charge in [-0.05, 0) is 51.1 Å². The average Bonchev–Trinajstić information content (AvgIpc) is 2.70.